The first-order valence-corrected chi connectivity index (χ1v) is 7.89. The van der Waals surface area contributed by atoms with Gasteiger partial charge in [0, 0.05) is 0 Å². The summed E-state index contributed by atoms with van der Waals surface area (Å²) in [4.78, 5) is 23.8. The third-order valence-electron chi connectivity index (χ3n) is 3.31. The number of hydrogen-bond acceptors (Lipinski definition) is 4. The van der Waals surface area contributed by atoms with E-state index in [0.717, 1.165) is 11.3 Å². The Hall–Kier alpha value is -3.33. The van der Waals surface area contributed by atoms with Crippen LogP contribution in [0.1, 0.15) is 18.9 Å². The quantitative estimate of drug-likeness (QED) is 0.812. The van der Waals surface area contributed by atoms with Crippen molar-refractivity contribution < 1.29 is 14.3 Å². The molecule has 6 heteroatoms. The molecular formula is C19H19N3O3. The molecule has 2 amide bonds. The largest absolute Gasteiger partial charge is 0.494 e. The molecular weight excluding hydrogens is 318 g/mol. The fourth-order valence-electron chi connectivity index (χ4n) is 2.22. The second-order valence-corrected chi connectivity index (χ2v) is 5.23. The number of rotatable bonds is 7. The maximum absolute atomic E-state index is 12.2. The number of benzene rings is 2. The molecule has 2 N–H and O–H groups in total. The summed E-state index contributed by atoms with van der Waals surface area (Å²) in [6.45, 7) is 2.50. The zero-order chi connectivity index (χ0) is 18.1. The topological polar surface area (TPSA) is 91.2 Å². The van der Waals surface area contributed by atoms with E-state index in [1.54, 1.807) is 30.3 Å². The second-order valence-electron chi connectivity index (χ2n) is 5.23. The molecule has 0 aromatic heterocycles. The van der Waals surface area contributed by atoms with Gasteiger partial charge in [-0.1, -0.05) is 24.3 Å². The number of amides is 2. The SMILES string of the molecule is CCOc1ccc(CC(=O)Nc2ccccc2NC(=O)CC#N)cc1. The zero-order valence-corrected chi connectivity index (χ0v) is 13.9. The summed E-state index contributed by atoms with van der Waals surface area (Å²) < 4.78 is 5.37. The van der Waals surface area contributed by atoms with E-state index < -0.39 is 5.91 Å². The average Bonchev–Trinajstić information content (AvgIpc) is 2.59. The summed E-state index contributed by atoms with van der Waals surface area (Å²) in [6, 6.07) is 16.0. The summed E-state index contributed by atoms with van der Waals surface area (Å²) in [7, 11) is 0. The first-order chi connectivity index (χ1) is 12.1. The van der Waals surface area contributed by atoms with Crippen LogP contribution in [0.15, 0.2) is 48.5 Å². The molecule has 0 fully saturated rings. The normalized spacial score (nSPS) is 9.76. The van der Waals surface area contributed by atoms with E-state index in [0.29, 0.717) is 18.0 Å². The lowest BCUT2D eigenvalue weighted by atomic mass is 10.1. The Labute approximate surface area is 146 Å². The first-order valence-electron chi connectivity index (χ1n) is 7.89. The standard InChI is InChI=1S/C19H19N3O3/c1-2-25-15-9-7-14(8-10-15)13-19(24)22-17-6-4-3-5-16(17)21-18(23)11-12-20/h3-10H,2,11,13H2,1H3,(H,21,23)(H,22,24). The van der Waals surface area contributed by atoms with Crippen molar-refractivity contribution in [2.24, 2.45) is 0 Å². The van der Waals surface area contributed by atoms with Gasteiger partial charge in [0.1, 0.15) is 12.2 Å². The zero-order valence-electron chi connectivity index (χ0n) is 13.9. The first kappa shape index (κ1) is 18.0. The number of para-hydroxylation sites is 2. The molecule has 2 rings (SSSR count). The van der Waals surface area contributed by atoms with E-state index in [2.05, 4.69) is 10.6 Å². The van der Waals surface area contributed by atoms with Crippen LogP contribution in [0.5, 0.6) is 5.75 Å². The molecule has 25 heavy (non-hydrogen) atoms. The number of nitrogens with one attached hydrogen (secondary N) is 2. The highest BCUT2D eigenvalue weighted by Gasteiger charge is 2.10. The van der Waals surface area contributed by atoms with Crippen molar-refractivity contribution in [1.29, 1.82) is 5.26 Å². The Kier molecular flexibility index (Phi) is 6.55. The molecule has 0 heterocycles. The molecule has 2 aromatic carbocycles. The van der Waals surface area contributed by atoms with Gasteiger partial charge in [-0.25, -0.2) is 0 Å². The number of ether oxygens (including phenoxy) is 1. The molecule has 0 saturated heterocycles. The lowest BCUT2D eigenvalue weighted by molar-refractivity contribution is -0.116. The molecule has 6 nitrogen and oxygen atoms in total. The molecule has 0 aliphatic rings. The number of anilines is 2. The van der Waals surface area contributed by atoms with Crippen LogP contribution in [0.2, 0.25) is 0 Å². The van der Waals surface area contributed by atoms with E-state index in [1.807, 2.05) is 31.2 Å². The number of carbonyl (C=O) groups is 2. The van der Waals surface area contributed by atoms with Crippen molar-refractivity contribution in [3.8, 4) is 11.8 Å². The molecule has 0 spiro atoms. The van der Waals surface area contributed by atoms with Gasteiger partial charge in [-0.05, 0) is 36.8 Å². The summed E-state index contributed by atoms with van der Waals surface area (Å²) in [6.07, 6.45) is -0.0403. The van der Waals surface area contributed by atoms with Crippen molar-refractivity contribution in [3.63, 3.8) is 0 Å². The molecule has 0 radical (unpaired) electrons. The predicted octanol–water partition coefficient (Wildman–Crippen LogP) is 3.12. The van der Waals surface area contributed by atoms with Crippen LogP contribution in [-0.4, -0.2) is 18.4 Å². The van der Waals surface area contributed by atoms with Crippen molar-refractivity contribution in [2.45, 2.75) is 19.8 Å². The van der Waals surface area contributed by atoms with Crippen molar-refractivity contribution in [3.05, 3.63) is 54.1 Å². The molecule has 0 saturated carbocycles. The fraction of sp³-hybridized carbons (Fsp3) is 0.211. The van der Waals surface area contributed by atoms with Crippen LogP contribution in [-0.2, 0) is 16.0 Å². The highest BCUT2D eigenvalue weighted by Crippen LogP contribution is 2.21. The minimum atomic E-state index is -0.421. The second kappa shape index (κ2) is 9.08. The monoisotopic (exact) mass is 337 g/mol. The van der Waals surface area contributed by atoms with Gasteiger partial charge < -0.3 is 15.4 Å². The Morgan fingerprint density at radius 2 is 1.60 bits per heavy atom. The van der Waals surface area contributed by atoms with Gasteiger partial charge in [-0.3, -0.25) is 9.59 Å². The summed E-state index contributed by atoms with van der Waals surface area (Å²) in [5.41, 5.74) is 1.81. The number of nitriles is 1. The maximum Gasteiger partial charge on any atom is 0.238 e. The smallest absolute Gasteiger partial charge is 0.238 e. The summed E-state index contributed by atoms with van der Waals surface area (Å²) >= 11 is 0. The maximum atomic E-state index is 12.2. The molecule has 128 valence electrons. The lowest BCUT2D eigenvalue weighted by Gasteiger charge is -2.12. The number of carbonyl (C=O) groups excluding carboxylic acids is 2. The van der Waals surface area contributed by atoms with Gasteiger partial charge in [0.2, 0.25) is 11.8 Å². The van der Waals surface area contributed by atoms with Crippen LogP contribution in [0.25, 0.3) is 0 Å². The molecule has 2 aromatic rings. The van der Waals surface area contributed by atoms with E-state index in [-0.39, 0.29) is 18.7 Å². The van der Waals surface area contributed by atoms with Crippen LogP contribution in [0.4, 0.5) is 11.4 Å². The fourth-order valence-corrected chi connectivity index (χ4v) is 2.22. The molecule has 0 aliphatic carbocycles. The van der Waals surface area contributed by atoms with Gasteiger partial charge >= 0.3 is 0 Å². The third kappa shape index (κ3) is 5.66. The predicted molar refractivity (Wildman–Crippen MR) is 95.2 cm³/mol. The van der Waals surface area contributed by atoms with Gasteiger partial charge in [0.15, 0.2) is 0 Å². The van der Waals surface area contributed by atoms with Crippen LogP contribution in [0, 0.1) is 11.3 Å². The van der Waals surface area contributed by atoms with Gasteiger partial charge in [0.25, 0.3) is 0 Å². The average molecular weight is 337 g/mol. The third-order valence-corrected chi connectivity index (χ3v) is 3.31. The molecule has 0 atom stereocenters. The van der Waals surface area contributed by atoms with Crippen molar-refractivity contribution >= 4 is 23.2 Å². The Bertz CT molecular complexity index is 779. The summed E-state index contributed by atoms with van der Waals surface area (Å²) in [5, 5.41) is 13.9. The minimum Gasteiger partial charge on any atom is -0.494 e. The highest BCUT2D eigenvalue weighted by atomic mass is 16.5. The van der Waals surface area contributed by atoms with E-state index >= 15 is 0 Å². The van der Waals surface area contributed by atoms with Crippen molar-refractivity contribution in [1.82, 2.24) is 0 Å². The van der Waals surface area contributed by atoms with Crippen LogP contribution < -0.4 is 15.4 Å². The molecule has 0 aliphatic heterocycles. The van der Waals surface area contributed by atoms with Gasteiger partial charge in [-0.2, -0.15) is 5.26 Å². The Morgan fingerprint density at radius 1 is 1.00 bits per heavy atom. The van der Waals surface area contributed by atoms with E-state index in [1.165, 1.54) is 0 Å². The van der Waals surface area contributed by atoms with Crippen LogP contribution in [0.3, 0.4) is 0 Å². The molecule has 0 bridgehead atoms. The molecule has 0 unspecified atom stereocenters. The van der Waals surface area contributed by atoms with Crippen molar-refractivity contribution in [2.75, 3.05) is 17.2 Å². The minimum absolute atomic E-state index is 0.201. The highest BCUT2D eigenvalue weighted by molar-refractivity contribution is 6.00. The van der Waals surface area contributed by atoms with E-state index in [9.17, 15) is 9.59 Å². The lowest BCUT2D eigenvalue weighted by Crippen LogP contribution is -2.17. The Morgan fingerprint density at radius 3 is 2.16 bits per heavy atom. The Balaban J connectivity index is 2.00. The van der Waals surface area contributed by atoms with E-state index in [4.69, 9.17) is 10.00 Å². The summed E-state index contributed by atoms with van der Waals surface area (Å²) in [5.74, 6) is 0.138. The van der Waals surface area contributed by atoms with Gasteiger partial charge in [-0.15, -0.1) is 0 Å². The van der Waals surface area contributed by atoms with Crippen LogP contribution >= 0.6 is 0 Å². The number of hydrogen-bond donors (Lipinski definition) is 2. The van der Waals surface area contributed by atoms with Gasteiger partial charge in [0.05, 0.1) is 30.5 Å². The number of nitrogens with zero attached hydrogens (tertiary/aromatic N) is 1.